The molecule has 0 bridgehead atoms. The molecule has 0 N–H and O–H groups in total. The quantitative estimate of drug-likeness (QED) is 0.745. The number of carbonyl (C=O) groups is 3. The SMILES string of the molecule is CCC(=O)CCCN1C(=O)C(=O)c2ccccc21. The van der Waals surface area contributed by atoms with Crippen molar-refractivity contribution in [3.8, 4) is 0 Å². The predicted molar refractivity (Wildman–Crippen MR) is 67.7 cm³/mol. The van der Waals surface area contributed by atoms with Gasteiger partial charge in [0.1, 0.15) is 5.78 Å². The third-order valence-electron chi connectivity index (χ3n) is 3.11. The van der Waals surface area contributed by atoms with Gasteiger partial charge in [-0.25, -0.2) is 0 Å². The average molecular weight is 245 g/mol. The average Bonchev–Trinajstić information content (AvgIpc) is 2.64. The number of hydrogen-bond acceptors (Lipinski definition) is 3. The Morgan fingerprint density at radius 1 is 1.22 bits per heavy atom. The second-order valence-corrected chi connectivity index (χ2v) is 4.30. The molecule has 0 unspecified atom stereocenters. The van der Waals surface area contributed by atoms with Crippen LogP contribution in [0.1, 0.15) is 36.5 Å². The van der Waals surface area contributed by atoms with E-state index in [2.05, 4.69) is 0 Å². The molecular formula is C14H15NO3. The summed E-state index contributed by atoms with van der Waals surface area (Å²) in [7, 11) is 0. The Balaban J connectivity index is 2.08. The lowest BCUT2D eigenvalue weighted by atomic mass is 10.1. The standard InChI is InChI=1S/C14H15NO3/c1-2-10(16)6-5-9-15-12-8-4-3-7-11(12)13(17)14(15)18/h3-4,7-8H,2,5-6,9H2,1H3. The van der Waals surface area contributed by atoms with E-state index >= 15 is 0 Å². The third-order valence-corrected chi connectivity index (χ3v) is 3.11. The minimum atomic E-state index is -0.486. The number of anilines is 1. The van der Waals surface area contributed by atoms with Crippen molar-refractivity contribution >= 4 is 23.2 Å². The molecule has 4 nitrogen and oxygen atoms in total. The van der Waals surface area contributed by atoms with Gasteiger partial charge in [0.15, 0.2) is 0 Å². The van der Waals surface area contributed by atoms with Crippen LogP contribution < -0.4 is 4.90 Å². The molecule has 0 aliphatic carbocycles. The van der Waals surface area contributed by atoms with Gasteiger partial charge in [-0.15, -0.1) is 0 Å². The normalized spacial score (nSPS) is 13.9. The van der Waals surface area contributed by atoms with E-state index < -0.39 is 11.7 Å². The van der Waals surface area contributed by atoms with Crippen LogP contribution in [0, 0.1) is 0 Å². The zero-order valence-corrected chi connectivity index (χ0v) is 10.3. The number of para-hydroxylation sites is 1. The molecule has 0 atom stereocenters. The number of nitrogens with zero attached hydrogens (tertiary/aromatic N) is 1. The predicted octanol–water partition coefficient (Wildman–Crippen LogP) is 1.98. The monoisotopic (exact) mass is 245 g/mol. The van der Waals surface area contributed by atoms with E-state index in [4.69, 9.17) is 0 Å². The van der Waals surface area contributed by atoms with Crippen LogP contribution in [0.3, 0.4) is 0 Å². The van der Waals surface area contributed by atoms with E-state index in [9.17, 15) is 14.4 Å². The lowest BCUT2D eigenvalue weighted by molar-refractivity contribution is -0.119. The summed E-state index contributed by atoms with van der Waals surface area (Å²) >= 11 is 0. The Hall–Kier alpha value is -1.97. The molecule has 0 saturated carbocycles. The molecule has 1 heterocycles. The molecule has 0 radical (unpaired) electrons. The van der Waals surface area contributed by atoms with E-state index in [1.165, 1.54) is 4.90 Å². The lowest BCUT2D eigenvalue weighted by Crippen LogP contribution is -2.30. The van der Waals surface area contributed by atoms with E-state index in [0.717, 1.165) is 0 Å². The maximum atomic E-state index is 11.8. The molecule has 0 spiro atoms. The molecule has 1 aromatic carbocycles. The largest absolute Gasteiger partial charge is 0.305 e. The Morgan fingerprint density at radius 2 is 1.94 bits per heavy atom. The Labute approximate surface area is 106 Å². The summed E-state index contributed by atoms with van der Waals surface area (Å²) in [6.07, 6.45) is 1.57. The van der Waals surface area contributed by atoms with Crippen molar-refractivity contribution in [2.45, 2.75) is 26.2 Å². The fourth-order valence-electron chi connectivity index (χ4n) is 2.08. The Morgan fingerprint density at radius 3 is 2.67 bits per heavy atom. The van der Waals surface area contributed by atoms with Crippen LogP contribution >= 0.6 is 0 Å². The first kappa shape index (κ1) is 12.5. The van der Waals surface area contributed by atoms with E-state index in [1.54, 1.807) is 24.3 Å². The van der Waals surface area contributed by atoms with Crippen molar-refractivity contribution in [1.29, 1.82) is 0 Å². The first-order chi connectivity index (χ1) is 8.65. The molecule has 1 aliphatic rings. The van der Waals surface area contributed by atoms with Crippen LogP contribution in [0.4, 0.5) is 5.69 Å². The van der Waals surface area contributed by atoms with Crippen LogP contribution in [-0.4, -0.2) is 24.0 Å². The van der Waals surface area contributed by atoms with Crippen LogP contribution in [0.5, 0.6) is 0 Å². The third kappa shape index (κ3) is 2.18. The molecule has 0 aromatic heterocycles. The van der Waals surface area contributed by atoms with Gasteiger partial charge >= 0.3 is 0 Å². The number of carbonyl (C=O) groups excluding carboxylic acids is 3. The lowest BCUT2D eigenvalue weighted by Gasteiger charge is -2.15. The molecule has 2 rings (SSSR count). The fraction of sp³-hybridized carbons (Fsp3) is 0.357. The van der Waals surface area contributed by atoms with E-state index in [-0.39, 0.29) is 5.78 Å². The molecule has 0 fully saturated rings. The maximum absolute atomic E-state index is 11.8. The first-order valence-electron chi connectivity index (χ1n) is 6.12. The first-order valence-corrected chi connectivity index (χ1v) is 6.12. The van der Waals surface area contributed by atoms with E-state index in [1.807, 2.05) is 6.92 Å². The van der Waals surface area contributed by atoms with Crippen LogP contribution in [-0.2, 0) is 9.59 Å². The second-order valence-electron chi connectivity index (χ2n) is 4.30. The van der Waals surface area contributed by atoms with Gasteiger partial charge < -0.3 is 4.90 Å². The van der Waals surface area contributed by atoms with Crippen molar-refractivity contribution in [2.75, 3.05) is 11.4 Å². The van der Waals surface area contributed by atoms with Crippen LogP contribution in [0.2, 0.25) is 0 Å². The Kier molecular flexibility index (Phi) is 3.55. The number of benzene rings is 1. The number of ketones is 2. The molecule has 1 aliphatic heterocycles. The summed E-state index contributed by atoms with van der Waals surface area (Å²) in [5, 5.41) is 0. The summed E-state index contributed by atoms with van der Waals surface area (Å²) in [5.74, 6) is -0.756. The molecule has 18 heavy (non-hydrogen) atoms. The second kappa shape index (κ2) is 5.12. The minimum absolute atomic E-state index is 0.182. The highest BCUT2D eigenvalue weighted by atomic mass is 16.2. The van der Waals surface area contributed by atoms with Gasteiger partial charge in [-0.2, -0.15) is 0 Å². The summed E-state index contributed by atoms with van der Waals surface area (Å²) in [6.45, 7) is 2.25. The molecule has 1 aromatic rings. The van der Waals surface area contributed by atoms with Gasteiger partial charge in [0.05, 0.1) is 11.3 Å². The minimum Gasteiger partial charge on any atom is -0.305 e. The number of Topliss-reactive ketones (excluding diaryl/α,β-unsaturated/α-hetero) is 2. The number of hydrogen-bond donors (Lipinski definition) is 0. The number of fused-ring (bicyclic) bond motifs is 1. The van der Waals surface area contributed by atoms with Crippen molar-refractivity contribution < 1.29 is 14.4 Å². The van der Waals surface area contributed by atoms with Crippen molar-refractivity contribution in [3.63, 3.8) is 0 Å². The van der Waals surface area contributed by atoms with Gasteiger partial charge in [0, 0.05) is 19.4 Å². The van der Waals surface area contributed by atoms with Gasteiger partial charge in [-0.1, -0.05) is 19.1 Å². The zero-order chi connectivity index (χ0) is 13.1. The molecule has 94 valence electrons. The molecular weight excluding hydrogens is 230 g/mol. The highest BCUT2D eigenvalue weighted by Gasteiger charge is 2.34. The number of rotatable bonds is 5. The van der Waals surface area contributed by atoms with Crippen molar-refractivity contribution in [1.82, 2.24) is 0 Å². The van der Waals surface area contributed by atoms with Crippen molar-refractivity contribution in [2.24, 2.45) is 0 Å². The summed E-state index contributed by atoms with van der Waals surface area (Å²) in [6, 6.07) is 6.97. The van der Waals surface area contributed by atoms with Gasteiger partial charge in [0.2, 0.25) is 0 Å². The van der Waals surface area contributed by atoms with Gasteiger partial charge in [-0.3, -0.25) is 14.4 Å². The summed E-state index contributed by atoms with van der Waals surface area (Å²) in [5.41, 5.74) is 1.13. The van der Waals surface area contributed by atoms with Crippen LogP contribution in [0.15, 0.2) is 24.3 Å². The molecule has 1 amide bonds. The zero-order valence-electron chi connectivity index (χ0n) is 10.3. The summed E-state index contributed by atoms with van der Waals surface area (Å²) in [4.78, 5) is 36.2. The smallest absolute Gasteiger partial charge is 0.299 e. The maximum Gasteiger partial charge on any atom is 0.299 e. The molecule has 4 heteroatoms. The van der Waals surface area contributed by atoms with Gasteiger partial charge in [-0.05, 0) is 18.6 Å². The van der Waals surface area contributed by atoms with E-state index in [0.29, 0.717) is 37.1 Å². The molecule has 0 saturated heterocycles. The van der Waals surface area contributed by atoms with Gasteiger partial charge in [0.25, 0.3) is 11.7 Å². The van der Waals surface area contributed by atoms with Crippen LogP contribution in [0.25, 0.3) is 0 Å². The highest BCUT2D eigenvalue weighted by Crippen LogP contribution is 2.28. The van der Waals surface area contributed by atoms with Crippen molar-refractivity contribution in [3.05, 3.63) is 29.8 Å². The number of amides is 1. The summed E-state index contributed by atoms with van der Waals surface area (Å²) < 4.78 is 0. The highest BCUT2D eigenvalue weighted by molar-refractivity contribution is 6.52. The fourth-order valence-corrected chi connectivity index (χ4v) is 2.08. The topological polar surface area (TPSA) is 54.5 Å². The Bertz CT molecular complexity index is 508.